The van der Waals surface area contributed by atoms with Gasteiger partial charge in [0.25, 0.3) is 11.8 Å². The molecule has 0 unspecified atom stereocenters. The summed E-state index contributed by atoms with van der Waals surface area (Å²) in [6, 6.07) is 16.7. The average molecular weight is 471 g/mol. The highest BCUT2D eigenvalue weighted by Crippen LogP contribution is 2.35. The Balaban J connectivity index is 1.68. The van der Waals surface area contributed by atoms with E-state index < -0.39 is 35.6 Å². The highest BCUT2D eigenvalue weighted by atomic mass is 35.5. The third-order valence-corrected chi connectivity index (χ3v) is 5.68. The normalized spacial score (nSPS) is 18.3. The number of rotatable bonds is 5. The molecular formula is C25H21ClF2N2O3. The number of carbonyl (C=O) groups excluding carboxylic acids is 2. The summed E-state index contributed by atoms with van der Waals surface area (Å²) < 4.78 is 33.2. The van der Waals surface area contributed by atoms with Crippen LogP contribution < -0.4 is 10.2 Å². The number of benzene rings is 3. The lowest BCUT2D eigenvalue weighted by Crippen LogP contribution is -2.54. The minimum atomic E-state index is -1.08. The maximum absolute atomic E-state index is 14.0. The Labute approximate surface area is 194 Å². The fourth-order valence-corrected chi connectivity index (χ4v) is 3.97. The van der Waals surface area contributed by atoms with Crippen LogP contribution in [0.25, 0.3) is 0 Å². The van der Waals surface area contributed by atoms with E-state index in [9.17, 15) is 18.4 Å². The Morgan fingerprint density at radius 1 is 1.09 bits per heavy atom. The first-order valence-electron chi connectivity index (χ1n) is 10.3. The SMILES string of the molecule is Cc1cccc([C@@H]2[C@@H](C(=O)NCc3ccc(Cl)cc3)OCC(=O)N2c2ccc(F)c(F)c2)c1. The number of anilines is 1. The van der Waals surface area contributed by atoms with E-state index in [-0.39, 0.29) is 18.8 Å². The molecule has 170 valence electrons. The first-order valence-corrected chi connectivity index (χ1v) is 10.7. The molecule has 33 heavy (non-hydrogen) atoms. The van der Waals surface area contributed by atoms with Crippen molar-refractivity contribution in [3.63, 3.8) is 0 Å². The van der Waals surface area contributed by atoms with Crippen LogP contribution in [0.5, 0.6) is 0 Å². The lowest BCUT2D eigenvalue weighted by Gasteiger charge is -2.40. The van der Waals surface area contributed by atoms with Crippen LogP contribution in [0.4, 0.5) is 14.5 Å². The number of aryl methyl sites for hydroxylation is 1. The van der Waals surface area contributed by atoms with Gasteiger partial charge in [0, 0.05) is 23.3 Å². The van der Waals surface area contributed by atoms with Crippen LogP contribution in [0.15, 0.2) is 66.7 Å². The van der Waals surface area contributed by atoms with Crippen molar-refractivity contribution >= 4 is 29.1 Å². The molecule has 1 saturated heterocycles. The van der Waals surface area contributed by atoms with Gasteiger partial charge in [-0.05, 0) is 42.3 Å². The number of carbonyl (C=O) groups is 2. The summed E-state index contributed by atoms with van der Waals surface area (Å²) in [4.78, 5) is 27.4. The van der Waals surface area contributed by atoms with Gasteiger partial charge in [0.05, 0.1) is 6.04 Å². The fourth-order valence-electron chi connectivity index (χ4n) is 3.84. The van der Waals surface area contributed by atoms with Gasteiger partial charge in [0.2, 0.25) is 0 Å². The Morgan fingerprint density at radius 3 is 2.55 bits per heavy atom. The zero-order valence-corrected chi connectivity index (χ0v) is 18.5. The van der Waals surface area contributed by atoms with E-state index in [1.165, 1.54) is 11.0 Å². The van der Waals surface area contributed by atoms with Gasteiger partial charge in [0.15, 0.2) is 17.7 Å². The number of hydrogen-bond donors (Lipinski definition) is 1. The minimum Gasteiger partial charge on any atom is -0.356 e. The molecule has 8 heteroatoms. The summed E-state index contributed by atoms with van der Waals surface area (Å²) in [5.74, 6) is -3.01. The van der Waals surface area contributed by atoms with Crippen molar-refractivity contribution in [2.45, 2.75) is 25.6 Å². The molecule has 0 bridgehead atoms. The second-order valence-electron chi connectivity index (χ2n) is 7.80. The van der Waals surface area contributed by atoms with E-state index in [0.717, 1.165) is 23.3 Å². The van der Waals surface area contributed by atoms with E-state index in [2.05, 4.69) is 5.32 Å². The van der Waals surface area contributed by atoms with Gasteiger partial charge in [-0.15, -0.1) is 0 Å². The van der Waals surface area contributed by atoms with Crippen molar-refractivity contribution in [1.82, 2.24) is 5.32 Å². The topological polar surface area (TPSA) is 58.6 Å². The molecule has 5 nitrogen and oxygen atoms in total. The smallest absolute Gasteiger partial charge is 0.253 e. The van der Waals surface area contributed by atoms with E-state index >= 15 is 0 Å². The number of amides is 2. The lowest BCUT2D eigenvalue weighted by atomic mass is 9.95. The third kappa shape index (κ3) is 5.05. The fraction of sp³-hybridized carbons (Fsp3) is 0.200. The van der Waals surface area contributed by atoms with Gasteiger partial charge in [-0.2, -0.15) is 0 Å². The molecule has 0 aromatic heterocycles. The number of ether oxygens (including phenoxy) is 1. The molecule has 1 heterocycles. The molecular weight excluding hydrogens is 450 g/mol. The monoisotopic (exact) mass is 470 g/mol. The second-order valence-corrected chi connectivity index (χ2v) is 8.23. The zero-order valence-electron chi connectivity index (χ0n) is 17.7. The minimum absolute atomic E-state index is 0.143. The molecule has 3 aromatic carbocycles. The summed E-state index contributed by atoms with van der Waals surface area (Å²) >= 11 is 5.91. The largest absolute Gasteiger partial charge is 0.356 e. The summed E-state index contributed by atoms with van der Waals surface area (Å²) in [5.41, 5.74) is 2.53. The highest BCUT2D eigenvalue weighted by Gasteiger charge is 2.42. The van der Waals surface area contributed by atoms with Gasteiger partial charge < -0.3 is 10.1 Å². The Morgan fingerprint density at radius 2 is 1.85 bits per heavy atom. The maximum atomic E-state index is 14.0. The summed E-state index contributed by atoms with van der Waals surface area (Å²) in [6.07, 6.45) is -1.06. The number of hydrogen-bond acceptors (Lipinski definition) is 3. The predicted molar refractivity (Wildman–Crippen MR) is 121 cm³/mol. The highest BCUT2D eigenvalue weighted by molar-refractivity contribution is 6.30. The van der Waals surface area contributed by atoms with Crippen LogP contribution in [-0.4, -0.2) is 24.5 Å². The number of nitrogens with one attached hydrogen (secondary N) is 1. The Hall–Kier alpha value is -3.29. The summed E-state index contributed by atoms with van der Waals surface area (Å²) in [6.45, 7) is 1.74. The number of halogens is 3. The molecule has 0 radical (unpaired) electrons. The van der Waals surface area contributed by atoms with E-state index in [4.69, 9.17) is 16.3 Å². The van der Waals surface area contributed by atoms with Crippen molar-refractivity contribution in [1.29, 1.82) is 0 Å². The van der Waals surface area contributed by atoms with Crippen molar-refractivity contribution in [2.24, 2.45) is 0 Å². The molecule has 1 fully saturated rings. The number of morpholine rings is 1. The molecule has 0 saturated carbocycles. The molecule has 4 rings (SSSR count). The van der Waals surface area contributed by atoms with E-state index in [1.54, 1.807) is 36.4 Å². The molecule has 1 N–H and O–H groups in total. The van der Waals surface area contributed by atoms with Crippen molar-refractivity contribution in [2.75, 3.05) is 11.5 Å². The molecule has 2 atom stereocenters. The second kappa shape index (κ2) is 9.68. The van der Waals surface area contributed by atoms with Crippen LogP contribution in [-0.2, 0) is 20.9 Å². The van der Waals surface area contributed by atoms with Crippen LogP contribution >= 0.6 is 11.6 Å². The molecule has 0 aliphatic carbocycles. The lowest BCUT2D eigenvalue weighted by molar-refractivity contribution is -0.144. The summed E-state index contributed by atoms with van der Waals surface area (Å²) in [5, 5.41) is 3.41. The summed E-state index contributed by atoms with van der Waals surface area (Å²) in [7, 11) is 0. The number of nitrogens with zero attached hydrogens (tertiary/aromatic N) is 1. The van der Waals surface area contributed by atoms with Crippen LogP contribution in [0.1, 0.15) is 22.7 Å². The molecule has 2 amide bonds. The zero-order chi connectivity index (χ0) is 23.5. The Kier molecular flexibility index (Phi) is 6.72. The third-order valence-electron chi connectivity index (χ3n) is 5.42. The molecule has 1 aliphatic rings. The van der Waals surface area contributed by atoms with E-state index in [1.807, 2.05) is 19.1 Å². The maximum Gasteiger partial charge on any atom is 0.253 e. The van der Waals surface area contributed by atoms with Crippen molar-refractivity contribution in [3.05, 3.63) is 100 Å². The van der Waals surface area contributed by atoms with Gasteiger partial charge in [-0.3, -0.25) is 14.5 Å². The van der Waals surface area contributed by atoms with Crippen molar-refractivity contribution < 1.29 is 23.1 Å². The van der Waals surface area contributed by atoms with E-state index in [0.29, 0.717) is 10.6 Å². The van der Waals surface area contributed by atoms with Crippen molar-refractivity contribution in [3.8, 4) is 0 Å². The van der Waals surface area contributed by atoms with Crippen LogP contribution in [0.3, 0.4) is 0 Å². The molecule has 1 aliphatic heterocycles. The van der Waals surface area contributed by atoms with Gasteiger partial charge >= 0.3 is 0 Å². The predicted octanol–water partition coefficient (Wildman–Crippen LogP) is 4.72. The first-order chi connectivity index (χ1) is 15.8. The van der Waals surface area contributed by atoms with Gasteiger partial charge in [-0.25, -0.2) is 8.78 Å². The first kappa shape index (κ1) is 22.9. The van der Waals surface area contributed by atoms with Gasteiger partial charge in [-0.1, -0.05) is 53.6 Å². The Bertz CT molecular complexity index is 1190. The van der Waals surface area contributed by atoms with Crippen LogP contribution in [0, 0.1) is 18.6 Å². The average Bonchev–Trinajstić information content (AvgIpc) is 2.80. The molecule has 0 spiro atoms. The van der Waals surface area contributed by atoms with Crippen LogP contribution in [0.2, 0.25) is 5.02 Å². The quantitative estimate of drug-likeness (QED) is 0.587. The molecule has 3 aromatic rings. The van der Waals surface area contributed by atoms with Gasteiger partial charge in [0.1, 0.15) is 6.61 Å². The standard InChI is InChI=1S/C25H21ClF2N2O3/c1-15-3-2-4-17(11-15)23-24(25(32)29-13-16-5-7-18(26)8-6-16)33-14-22(31)30(23)19-9-10-20(27)21(28)12-19/h2-12,23-24H,13-14H2,1H3,(H,29,32)/t23-,24+/m1/s1.